The van der Waals surface area contributed by atoms with E-state index in [1.165, 1.54) is 9.47 Å². The minimum Gasteiger partial charge on any atom is -0.368 e. The molecule has 10 nitrogen and oxygen atoms in total. The average Bonchev–Trinajstić information content (AvgIpc) is 2.01. The van der Waals surface area contributed by atoms with Crippen molar-refractivity contribution in [2.75, 3.05) is 17.2 Å². The summed E-state index contributed by atoms with van der Waals surface area (Å²) in [5.74, 6) is 0.125. The van der Waals surface area contributed by atoms with Crippen molar-refractivity contribution < 1.29 is 18.7 Å². The lowest BCUT2D eigenvalue weighted by molar-refractivity contribution is 0.298. The molecule has 0 saturated heterocycles. The second kappa shape index (κ2) is 5.74. The van der Waals surface area contributed by atoms with Gasteiger partial charge in [0.05, 0.1) is 0 Å². The molecule has 8 N–H and O–H groups in total. The zero-order valence-corrected chi connectivity index (χ0v) is 9.36. The maximum absolute atomic E-state index is 9.45. The van der Waals surface area contributed by atoms with E-state index in [1.54, 1.807) is 0 Å². The Morgan fingerprint density at radius 2 is 1.27 bits per heavy atom. The summed E-state index contributed by atoms with van der Waals surface area (Å²) in [5, 5.41) is 0. The van der Waals surface area contributed by atoms with Crippen molar-refractivity contribution in [2.24, 2.45) is 0 Å². The van der Waals surface area contributed by atoms with Gasteiger partial charge in [0.1, 0.15) is 0 Å². The highest BCUT2D eigenvalue weighted by molar-refractivity contribution is 7.51. The van der Waals surface area contributed by atoms with E-state index in [9.17, 15) is 4.57 Å². The number of anilines is 3. The summed E-state index contributed by atoms with van der Waals surface area (Å²) < 4.78 is 13.0. The van der Waals surface area contributed by atoms with Crippen molar-refractivity contribution >= 4 is 35.1 Å². The monoisotopic (exact) mass is 256 g/mol. The van der Waals surface area contributed by atoms with Crippen molar-refractivity contribution in [1.82, 2.24) is 15.0 Å². The van der Waals surface area contributed by atoms with E-state index in [0.29, 0.717) is 0 Å². The SMILES string of the molecule is Nc1nc(N)nc(N)n1.O=P(O)(O)OP. The number of hydrogen-bond acceptors (Lipinski definition) is 8. The molecule has 0 spiro atoms. The van der Waals surface area contributed by atoms with Crippen molar-refractivity contribution in [3.8, 4) is 0 Å². The van der Waals surface area contributed by atoms with Crippen LogP contribution in [-0.2, 0) is 8.88 Å². The molecule has 1 rings (SSSR count). The Labute approximate surface area is 86.8 Å². The molecule has 15 heavy (non-hydrogen) atoms. The van der Waals surface area contributed by atoms with Crippen molar-refractivity contribution in [3.63, 3.8) is 0 Å². The minimum absolute atomic E-state index is 0.0417. The number of aromatic nitrogens is 3. The Kier molecular flexibility index (Phi) is 5.34. The Hall–Kier alpha value is -1.05. The second-order valence-electron chi connectivity index (χ2n) is 2.01. The van der Waals surface area contributed by atoms with Crippen LogP contribution in [0.5, 0.6) is 0 Å². The molecular weight excluding hydrogens is 246 g/mol. The van der Waals surface area contributed by atoms with E-state index in [0.717, 1.165) is 0 Å². The lowest BCUT2D eigenvalue weighted by atomic mass is 10.9. The highest BCUT2D eigenvalue weighted by Crippen LogP contribution is 2.38. The van der Waals surface area contributed by atoms with E-state index in [4.69, 9.17) is 27.0 Å². The second-order valence-corrected chi connectivity index (χ2v) is 3.83. The first-order valence-electron chi connectivity index (χ1n) is 3.21. The molecule has 0 amide bonds. The molecule has 0 fully saturated rings. The van der Waals surface area contributed by atoms with Gasteiger partial charge in [-0.2, -0.15) is 15.0 Å². The number of nitrogens with zero attached hydrogens (tertiary/aromatic N) is 3. The van der Waals surface area contributed by atoms with Crippen LogP contribution in [0.3, 0.4) is 0 Å². The zero-order chi connectivity index (χ0) is 12.1. The molecule has 12 heteroatoms. The Morgan fingerprint density at radius 1 is 1.07 bits per heavy atom. The molecule has 1 atom stereocenters. The van der Waals surface area contributed by atoms with Crippen molar-refractivity contribution in [3.05, 3.63) is 0 Å². The summed E-state index contributed by atoms with van der Waals surface area (Å²) in [6.45, 7) is 0. The quantitative estimate of drug-likeness (QED) is 0.370. The molecule has 0 bridgehead atoms. The van der Waals surface area contributed by atoms with Gasteiger partial charge in [0.15, 0.2) is 0 Å². The first-order valence-corrected chi connectivity index (χ1v) is 5.21. The number of hydrogen-bond donors (Lipinski definition) is 5. The largest absolute Gasteiger partial charge is 0.472 e. The molecule has 0 saturated carbocycles. The normalized spacial score (nSPS) is 10.3. The van der Waals surface area contributed by atoms with E-state index in [1.807, 2.05) is 0 Å². The third-order valence-corrected chi connectivity index (χ3v) is 1.92. The van der Waals surface area contributed by atoms with Gasteiger partial charge in [0, 0.05) is 9.47 Å². The van der Waals surface area contributed by atoms with Crippen molar-refractivity contribution in [1.29, 1.82) is 0 Å². The highest BCUT2D eigenvalue weighted by atomic mass is 31.2. The highest BCUT2D eigenvalue weighted by Gasteiger charge is 2.07. The van der Waals surface area contributed by atoms with Crippen LogP contribution in [0.15, 0.2) is 0 Å². The molecule has 1 aromatic rings. The van der Waals surface area contributed by atoms with Gasteiger partial charge in [-0.1, -0.05) is 0 Å². The number of nitrogen functional groups attached to an aromatic ring is 3. The maximum atomic E-state index is 9.45. The molecule has 0 aliphatic rings. The molecule has 0 aliphatic heterocycles. The zero-order valence-electron chi connectivity index (χ0n) is 7.31. The number of nitrogens with two attached hydrogens (primary N) is 3. The van der Waals surface area contributed by atoms with Crippen LogP contribution >= 0.6 is 17.3 Å². The summed E-state index contributed by atoms with van der Waals surface area (Å²) in [6.07, 6.45) is 0. The van der Waals surface area contributed by atoms with E-state index in [-0.39, 0.29) is 17.8 Å². The van der Waals surface area contributed by atoms with Crippen LogP contribution in [0.4, 0.5) is 17.8 Å². The van der Waals surface area contributed by atoms with Crippen LogP contribution in [0.1, 0.15) is 0 Å². The smallest absolute Gasteiger partial charge is 0.368 e. The summed E-state index contributed by atoms with van der Waals surface area (Å²) in [7, 11) is -2.72. The lowest BCUT2D eigenvalue weighted by Gasteiger charge is -1.93. The van der Waals surface area contributed by atoms with Crippen LogP contribution in [0, 0.1) is 0 Å². The number of rotatable bonds is 1. The predicted octanol–water partition coefficient (Wildman–Crippen LogP) is -1.50. The van der Waals surface area contributed by atoms with Gasteiger partial charge in [-0.25, -0.2) is 4.57 Å². The fraction of sp³-hybridized carbons (Fsp3) is 0. The average molecular weight is 256 g/mol. The van der Waals surface area contributed by atoms with Gasteiger partial charge in [-0.05, 0) is 0 Å². The molecule has 0 aromatic carbocycles. The predicted molar refractivity (Wildman–Crippen MR) is 55.9 cm³/mol. The molecule has 1 heterocycles. The topological polar surface area (TPSA) is 183 Å². The fourth-order valence-electron chi connectivity index (χ4n) is 0.427. The van der Waals surface area contributed by atoms with Gasteiger partial charge < -0.3 is 27.0 Å². The Morgan fingerprint density at radius 3 is 1.40 bits per heavy atom. The van der Waals surface area contributed by atoms with E-state index < -0.39 is 7.82 Å². The molecule has 1 aromatic heterocycles. The number of phosphoric acid groups is 1. The van der Waals surface area contributed by atoms with Gasteiger partial charge in [-0.15, -0.1) is 0 Å². The molecular formula is C3H10N6O4P2. The third-order valence-electron chi connectivity index (χ3n) is 0.825. The summed E-state index contributed by atoms with van der Waals surface area (Å²) in [6, 6.07) is 0. The van der Waals surface area contributed by atoms with Gasteiger partial charge in [0.25, 0.3) is 0 Å². The lowest BCUT2D eigenvalue weighted by Crippen LogP contribution is -2.05. The minimum atomic E-state index is -4.18. The molecule has 0 aliphatic carbocycles. The fourth-order valence-corrected chi connectivity index (χ4v) is 0.427. The van der Waals surface area contributed by atoms with Gasteiger partial charge in [0.2, 0.25) is 17.8 Å². The Balaban J connectivity index is 0.000000288. The van der Waals surface area contributed by atoms with Crippen LogP contribution in [-0.4, -0.2) is 24.7 Å². The maximum Gasteiger partial charge on any atom is 0.472 e. The summed E-state index contributed by atoms with van der Waals surface area (Å²) in [5.41, 5.74) is 15.4. The van der Waals surface area contributed by atoms with Gasteiger partial charge >= 0.3 is 7.82 Å². The first kappa shape index (κ1) is 13.9. The van der Waals surface area contributed by atoms with E-state index >= 15 is 0 Å². The van der Waals surface area contributed by atoms with Crippen LogP contribution < -0.4 is 17.2 Å². The molecule has 86 valence electrons. The van der Waals surface area contributed by atoms with Crippen LogP contribution in [0.25, 0.3) is 0 Å². The third kappa shape index (κ3) is 7.98. The standard InChI is InChI=1S/C3H6N6.H4O4P2/c4-1-7-2(5)9-3(6)8-1;1-6(2,3)4-5/h(H6,4,5,6,7,8,9);5H2,(H2,1,2,3). The summed E-state index contributed by atoms with van der Waals surface area (Å²) in [4.78, 5) is 25.9. The molecule has 1 unspecified atom stereocenters. The van der Waals surface area contributed by atoms with Crippen LogP contribution in [0.2, 0.25) is 0 Å². The molecule has 0 radical (unpaired) electrons. The summed E-state index contributed by atoms with van der Waals surface area (Å²) >= 11 is 0. The van der Waals surface area contributed by atoms with E-state index in [2.05, 4.69) is 19.3 Å². The van der Waals surface area contributed by atoms with Gasteiger partial charge in [-0.3, -0.25) is 4.31 Å². The first-order chi connectivity index (χ1) is 6.74. The Bertz CT molecular complexity index is 317. The van der Waals surface area contributed by atoms with Crippen molar-refractivity contribution in [2.45, 2.75) is 0 Å².